The average molecular weight is 886 g/mol. The standard InChI is InChI=1S/C63H63N3O/c1-40(2)45-31-47(42-21-16-13-17-22-42)36-52(35-45)66-57-24-18-23-53(58(57)65-60(66)54-38-51(62(6,7)8)39-55(59(54)67)63(9,10)11)48-32-46(41-19-14-12-15-20-41)33-49(34-48)56-37-44(29-30-64-56)43-25-27-50(28-26-43)61(3,4)5/h12-40,67H,1-11H3/i25D,26D,27D,28D,29D,30D,37D,40D. The smallest absolute Gasteiger partial charge is 0.149 e. The molecular weight excluding hydrogens is 815 g/mol. The van der Waals surface area contributed by atoms with Crippen molar-refractivity contribution in [2.45, 2.75) is 98.3 Å². The van der Waals surface area contributed by atoms with Crippen LogP contribution in [0.1, 0.15) is 115 Å². The van der Waals surface area contributed by atoms with Gasteiger partial charge in [0.05, 0.1) is 31.9 Å². The summed E-state index contributed by atoms with van der Waals surface area (Å²) < 4.78 is 75.6. The zero-order chi connectivity index (χ0) is 54.4. The Balaban J connectivity index is 1.38. The fourth-order valence-electron chi connectivity index (χ4n) is 8.52. The number of benzene rings is 7. The van der Waals surface area contributed by atoms with Crippen molar-refractivity contribution in [3.63, 3.8) is 0 Å². The molecule has 336 valence electrons. The lowest BCUT2D eigenvalue weighted by Gasteiger charge is -2.27. The first-order chi connectivity index (χ1) is 35.1. The van der Waals surface area contributed by atoms with E-state index >= 15 is 0 Å². The third-order valence-electron chi connectivity index (χ3n) is 12.4. The number of phenolic OH excluding ortho intramolecular Hbond substituents is 1. The highest BCUT2D eigenvalue weighted by Gasteiger charge is 2.29. The van der Waals surface area contributed by atoms with E-state index in [2.05, 4.69) is 81.4 Å². The highest BCUT2D eigenvalue weighted by molar-refractivity contribution is 5.98. The van der Waals surface area contributed by atoms with Crippen LogP contribution in [0.2, 0.25) is 0 Å². The van der Waals surface area contributed by atoms with E-state index in [1.54, 1.807) is 0 Å². The first kappa shape index (κ1) is 36.1. The number of rotatable bonds is 8. The molecule has 4 nitrogen and oxygen atoms in total. The van der Waals surface area contributed by atoms with Crippen LogP contribution in [-0.2, 0) is 16.2 Å². The summed E-state index contributed by atoms with van der Waals surface area (Å²) in [6.07, 6.45) is -0.482. The van der Waals surface area contributed by atoms with Gasteiger partial charge in [0.2, 0.25) is 0 Å². The highest BCUT2D eigenvalue weighted by atomic mass is 16.3. The van der Waals surface area contributed by atoms with Crippen molar-refractivity contribution in [1.82, 2.24) is 14.5 Å². The third kappa shape index (κ3) is 9.10. The molecule has 4 heteroatoms. The minimum atomic E-state index is -0.988. The molecule has 0 saturated heterocycles. The van der Waals surface area contributed by atoms with Gasteiger partial charge in [0, 0.05) is 29.9 Å². The number of phenols is 1. The summed E-state index contributed by atoms with van der Waals surface area (Å²) in [7, 11) is 0. The van der Waals surface area contributed by atoms with E-state index in [0.29, 0.717) is 33.6 Å². The molecule has 7 aromatic carbocycles. The Morgan fingerprint density at radius 1 is 0.537 bits per heavy atom. The van der Waals surface area contributed by atoms with Gasteiger partial charge in [0.15, 0.2) is 0 Å². The van der Waals surface area contributed by atoms with Gasteiger partial charge in [-0.25, -0.2) is 4.98 Å². The largest absolute Gasteiger partial charge is 0.507 e. The van der Waals surface area contributed by atoms with Gasteiger partial charge < -0.3 is 5.11 Å². The monoisotopic (exact) mass is 886 g/mol. The van der Waals surface area contributed by atoms with E-state index in [1.807, 2.05) is 132 Å². The van der Waals surface area contributed by atoms with Crippen LogP contribution in [0.4, 0.5) is 0 Å². The molecule has 0 aliphatic carbocycles. The second kappa shape index (κ2) is 17.3. The van der Waals surface area contributed by atoms with Gasteiger partial charge in [0.1, 0.15) is 11.6 Å². The minimum Gasteiger partial charge on any atom is -0.507 e. The average Bonchev–Trinajstić information content (AvgIpc) is 3.74. The van der Waals surface area contributed by atoms with E-state index in [-0.39, 0.29) is 51.7 Å². The topological polar surface area (TPSA) is 50.9 Å². The number of hydrogen-bond acceptors (Lipinski definition) is 3. The maximum Gasteiger partial charge on any atom is 0.149 e. The predicted molar refractivity (Wildman–Crippen MR) is 283 cm³/mol. The summed E-state index contributed by atoms with van der Waals surface area (Å²) in [5.74, 6) is -0.379. The van der Waals surface area contributed by atoms with E-state index in [1.165, 1.54) is 0 Å². The second-order valence-electron chi connectivity index (χ2n) is 20.9. The summed E-state index contributed by atoms with van der Waals surface area (Å²) in [6.45, 7) is 21.9. The van der Waals surface area contributed by atoms with Gasteiger partial charge >= 0.3 is 0 Å². The minimum absolute atomic E-state index is 0.0297. The Hall–Kier alpha value is -7.04. The van der Waals surface area contributed by atoms with Gasteiger partial charge in [-0.15, -0.1) is 0 Å². The Bertz CT molecular complexity index is 3700. The van der Waals surface area contributed by atoms with E-state index < -0.39 is 41.0 Å². The first-order valence-corrected chi connectivity index (χ1v) is 23.0. The first-order valence-electron chi connectivity index (χ1n) is 27.0. The summed E-state index contributed by atoms with van der Waals surface area (Å²) in [4.78, 5) is 10.1. The fourth-order valence-corrected chi connectivity index (χ4v) is 8.52. The second-order valence-corrected chi connectivity index (χ2v) is 20.9. The molecule has 0 unspecified atom stereocenters. The number of aromatic nitrogens is 3. The lowest BCUT2D eigenvalue weighted by molar-refractivity contribution is 0.446. The van der Waals surface area contributed by atoms with E-state index in [4.69, 9.17) is 13.2 Å². The third-order valence-corrected chi connectivity index (χ3v) is 12.4. The molecule has 0 amide bonds. The van der Waals surface area contributed by atoms with Crippen LogP contribution in [0.15, 0.2) is 170 Å². The van der Waals surface area contributed by atoms with Crippen molar-refractivity contribution in [3.05, 3.63) is 192 Å². The van der Waals surface area contributed by atoms with Crippen molar-refractivity contribution < 1.29 is 16.1 Å². The molecule has 0 saturated carbocycles. The van der Waals surface area contributed by atoms with Crippen molar-refractivity contribution in [3.8, 4) is 78.6 Å². The molecule has 0 atom stereocenters. The van der Waals surface area contributed by atoms with Crippen LogP contribution in [0, 0.1) is 0 Å². The van der Waals surface area contributed by atoms with Crippen LogP contribution >= 0.6 is 0 Å². The van der Waals surface area contributed by atoms with Gasteiger partial charge in [-0.3, -0.25) is 9.55 Å². The van der Waals surface area contributed by atoms with Crippen molar-refractivity contribution in [1.29, 1.82) is 0 Å². The molecule has 67 heavy (non-hydrogen) atoms. The van der Waals surface area contributed by atoms with Gasteiger partial charge in [-0.1, -0.05) is 185 Å². The Kier molecular flexibility index (Phi) is 9.33. The normalized spacial score (nSPS) is 14.1. The maximum atomic E-state index is 12.6. The van der Waals surface area contributed by atoms with Crippen LogP contribution in [-0.4, -0.2) is 19.6 Å². The SMILES string of the molecule is [2H]c1nc(-c2cc(-c3ccccc3)cc(-c3cccc4c3nc(-c3cc(C(C)(C)C)cc(C(C)(C)C)c3O)n4-c3cc(-c4ccccc4)cc(C([2H])(C)C)c3)c2)c([2H])c(-c2c([2H])c([2H])c(C(C)(C)C)c([2H])c2[2H])c1[2H]. The molecule has 2 heterocycles. The molecule has 0 spiro atoms. The lowest BCUT2D eigenvalue weighted by Crippen LogP contribution is -2.17. The Morgan fingerprint density at radius 3 is 1.76 bits per heavy atom. The number of hydrogen-bond donors (Lipinski definition) is 1. The molecule has 2 aromatic heterocycles. The van der Waals surface area contributed by atoms with Crippen LogP contribution < -0.4 is 0 Å². The Morgan fingerprint density at radius 2 is 1.15 bits per heavy atom. The van der Waals surface area contributed by atoms with Crippen LogP contribution in [0.25, 0.3) is 83.9 Å². The maximum absolute atomic E-state index is 12.6. The van der Waals surface area contributed by atoms with E-state index in [0.717, 1.165) is 50.1 Å². The molecule has 9 aromatic rings. The number of pyridine rings is 1. The van der Waals surface area contributed by atoms with Crippen molar-refractivity contribution in [2.75, 3.05) is 0 Å². The summed E-state index contributed by atoms with van der Waals surface area (Å²) in [5, 5.41) is 12.6. The number of aromatic hydroxyl groups is 1. The molecule has 0 fully saturated rings. The number of para-hydroxylation sites is 1. The number of fused-ring (bicyclic) bond motifs is 1. The molecule has 9 rings (SSSR count). The Labute approximate surface area is 409 Å². The molecule has 0 radical (unpaired) electrons. The molecule has 0 bridgehead atoms. The summed E-state index contributed by atoms with van der Waals surface area (Å²) in [6, 6.07) is 39.8. The quantitative estimate of drug-likeness (QED) is 0.165. The molecule has 1 N–H and O–H groups in total. The summed E-state index contributed by atoms with van der Waals surface area (Å²) >= 11 is 0. The lowest BCUT2D eigenvalue weighted by atomic mass is 9.79. The zero-order valence-electron chi connectivity index (χ0n) is 48.4. The van der Waals surface area contributed by atoms with Gasteiger partial charge in [-0.2, -0.15) is 0 Å². The van der Waals surface area contributed by atoms with Gasteiger partial charge in [0.25, 0.3) is 0 Å². The summed E-state index contributed by atoms with van der Waals surface area (Å²) in [5.41, 5.74) is 8.86. The highest BCUT2D eigenvalue weighted by Crippen LogP contribution is 2.45. The number of imidazole rings is 1. The van der Waals surface area contributed by atoms with Crippen molar-refractivity contribution in [2.24, 2.45) is 0 Å². The van der Waals surface area contributed by atoms with Crippen LogP contribution in [0.5, 0.6) is 5.75 Å². The van der Waals surface area contributed by atoms with Gasteiger partial charge in [-0.05, 0) is 132 Å². The zero-order valence-corrected chi connectivity index (χ0v) is 40.4. The van der Waals surface area contributed by atoms with Crippen LogP contribution in [0.3, 0.4) is 0 Å². The fraction of sp³-hybridized carbons (Fsp3) is 0.238. The molecule has 0 aliphatic rings. The predicted octanol–water partition coefficient (Wildman–Crippen LogP) is 17.1. The molecule has 0 aliphatic heterocycles. The molecular formula is C63H63N3O. The van der Waals surface area contributed by atoms with E-state index in [9.17, 15) is 7.85 Å². The van der Waals surface area contributed by atoms with Crippen molar-refractivity contribution >= 4 is 11.0 Å². The number of nitrogens with zero attached hydrogens (tertiary/aromatic N) is 3.